The minimum absolute atomic E-state index is 0.143. The van der Waals surface area contributed by atoms with Crippen LogP contribution in [0.2, 0.25) is 0 Å². The highest BCUT2D eigenvalue weighted by molar-refractivity contribution is 5.80. The fraction of sp³-hybridized carbons (Fsp3) is 0.381. The average molecular weight is 341 g/mol. The van der Waals surface area contributed by atoms with Crippen molar-refractivity contribution < 1.29 is 14.3 Å². The van der Waals surface area contributed by atoms with Crippen LogP contribution in [0.4, 0.5) is 0 Å². The minimum atomic E-state index is -0.545. The van der Waals surface area contributed by atoms with Crippen LogP contribution in [0.5, 0.6) is 11.5 Å². The number of para-hydroxylation sites is 1. The molecule has 2 aromatic rings. The fourth-order valence-electron chi connectivity index (χ4n) is 2.46. The summed E-state index contributed by atoms with van der Waals surface area (Å²) in [4.78, 5) is 12.2. The van der Waals surface area contributed by atoms with Gasteiger partial charge in [-0.1, -0.05) is 44.2 Å². The van der Waals surface area contributed by atoms with Crippen molar-refractivity contribution in [2.24, 2.45) is 0 Å². The Morgan fingerprint density at radius 1 is 1.04 bits per heavy atom. The van der Waals surface area contributed by atoms with Crippen LogP contribution < -0.4 is 14.8 Å². The number of hydrogen-bond acceptors (Lipinski definition) is 3. The Bertz CT molecular complexity index is 667. The lowest BCUT2D eigenvalue weighted by Gasteiger charge is -2.17. The Labute approximate surface area is 150 Å². The molecular formula is C21H27NO3. The van der Waals surface area contributed by atoms with Crippen molar-refractivity contribution in [2.45, 2.75) is 39.7 Å². The van der Waals surface area contributed by atoms with Gasteiger partial charge in [0, 0.05) is 0 Å². The van der Waals surface area contributed by atoms with Crippen LogP contribution in [0.15, 0.2) is 48.5 Å². The van der Waals surface area contributed by atoms with E-state index in [1.165, 1.54) is 5.56 Å². The van der Waals surface area contributed by atoms with Crippen LogP contribution in [-0.2, 0) is 17.6 Å². The van der Waals surface area contributed by atoms with E-state index in [0.29, 0.717) is 13.2 Å². The molecule has 0 aromatic heterocycles. The molecule has 2 rings (SSSR count). The van der Waals surface area contributed by atoms with Gasteiger partial charge in [0.05, 0.1) is 6.54 Å². The van der Waals surface area contributed by atoms with Crippen molar-refractivity contribution in [3.63, 3.8) is 0 Å². The van der Waals surface area contributed by atoms with Gasteiger partial charge >= 0.3 is 0 Å². The highest BCUT2D eigenvalue weighted by Gasteiger charge is 2.15. The molecule has 25 heavy (non-hydrogen) atoms. The van der Waals surface area contributed by atoms with E-state index in [0.717, 1.165) is 29.9 Å². The molecule has 0 aliphatic heterocycles. The Morgan fingerprint density at radius 3 is 2.44 bits per heavy atom. The third kappa shape index (κ3) is 5.82. The summed E-state index contributed by atoms with van der Waals surface area (Å²) >= 11 is 0. The standard InChI is InChI=1S/C21H27NO3/c1-4-17-10-12-19(13-11-17)24-15-14-22-21(23)16(3)25-20-9-7-6-8-18(20)5-2/h6-13,16H,4-5,14-15H2,1-3H3,(H,22,23)/t16-/m1/s1. The van der Waals surface area contributed by atoms with E-state index in [1.807, 2.05) is 36.4 Å². The maximum Gasteiger partial charge on any atom is 0.260 e. The van der Waals surface area contributed by atoms with Gasteiger partial charge in [-0.2, -0.15) is 0 Å². The summed E-state index contributed by atoms with van der Waals surface area (Å²) in [6, 6.07) is 15.8. The number of ether oxygens (including phenoxy) is 2. The molecule has 0 heterocycles. The number of carbonyl (C=O) groups is 1. The molecule has 0 aliphatic carbocycles. The molecule has 1 amide bonds. The monoisotopic (exact) mass is 341 g/mol. The van der Waals surface area contributed by atoms with Crippen LogP contribution in [0.1, 0.15) is 31.9 Å². The molecule has 4 heteroatoms. The van der Waals surface area contributed by atoms with Gasteiger partial charge in [0.2, 0.25) is 0 Å². The van der Waals surface area contributed by atoms with E-state index < -0.39 is 6.10 Å². The van der Waals surface area contributed by atoms with Gasteiger partial charge in [-0.15, -0.1) is 0 Å². The highest BCUT2D eigenvalue weighted by Crippen LogP contribution is 2.19. The molecule has 0 spiro atoms. The van der Waals surface area contributed by atoms with Crippen LogP contribution >= 0.6 is 0 Å². The van der Waals surface area contributed by atoms with E-state index >= 15 is 0 Å². The van der Waals surface area contributed by atoms with Crippen LogP contribution in [0.3, 0.4) is 0 Å². The van der Waals surface area contributed by atoms with Crippen molar-refractivity contribution >= 4 is 5.91 Å². The average Bonchev–Trinajstić information content (AvgIpc) is 2.65. The van der Waals surface area contributed by atoms with Crippen LogP contribution in [0.25, 0.3) is 0 Å². The number of amides is 1. The molecule has 0 radical (unpaired) electrons. The molecule has 0 fully saturated rings. The number of nitrogens with one attached hydrogen (secondary N) is 1. The third-order valence-electron chi connectivity index (χ3n) is 4.03. The number of rotatable bonds is 9. The molecule has 134 valence electrons. The minimum Gasteiger partial charge on any atom is -0.492 e. The summed E-state index contributed by atoms with van der Waals surface area (Å²) in [6.07, 6.45) is 1.33. The molecule has 0 bridgehead atoms. The van der Waals surface area contributed by atoms with Crippen molar-refractivity contribution in [3.8, 4) is 11.5 Å². The number of benzene rings is 2. The van der Waals surface area contributed by atoms with Crippen molar-refractivity contribution in [1.29, 1.82) is 0 Å². The summed E-state index contributed by atoms with van der Waals surface area (Å²) in [5.41, 5.74) is 2.37. The Balaban J connectivity index is 1.73. The SMILES string of the molecule is CCc1ccc(OCCNC(=O)[C@@H](C)Oc2ccccc2CC)cc1. The van der Waals surface area contributed by atoms with Crippen molar-refractivity contribution in [2.75, 3.05) is 13.2 Å². The zero-order valence-corrected chi connectivity index (χ0v) is 15.2. The van der Waals surface area contributed by atoms with E-state index in [9.17, 15) is 4.79 Å². The Kier molecular flexibility index (Phi) is 7.33. The number of hydrogen-bond donors (Lipinski definition) is 1. The van der Waals surface area contributed by atoms with Gasteiger partial charge in [-0.05, 0) is 49.1 Å². The summed E-state index contributed by atoms with van der Waals surface area (Å²) < 4.78 is 11.4. The molecule has 0 unspecified atom stereocenters. The maximum absolute atomic E-state index is 12.2. The first-order valence-electron chi connectivity index (χ1n) is 8.88. The third-order valence-corrected chi connectivity index (χ3v) is 4.03. The zero-order valence-electron chi connectivity index (χ0n) is 15.2. The largest absolute Gasteiger partial charge is 0.492 e. The van der Waals surface area contributed by atoms with Gasteiger partial charge in [0.15, 0.2) is 6.10 Å². The first kappa shape index (κ1) is 18.8. The summed E-state index contributed by atoms with van der Waals surface area (Å²) in [5, 5.41) is 2.84. The molecule has 1 N–H and O–H groups in total. The van der Waals surface area contributed by atoms with E-state index in [2.05, 4.69) is 31.3 Å². The van der Waals surface area contributed by atoms with E-state index in [1.54, 1.807) is 6.92 Å². The maximum atomic E-state index is 12.2. The highest BCUT2D eigenvalue weighted by atomic mass is 16.5. The quantitative estimate of drug-likeness (QED) is 0.706. The van der Waals surface area contributed by atoms with Crippen LogP contribution in [0, 0.1) is 0 Å². The van der Waals surface area contributed by atoms with Crippen molar-refractivity contribution in [1.82, 2.24) is 5.32 Å². The normalized spacial score (nSPS) is 11.6. The van der Waals surface area contributed by atoms with Gasteiger partial charge in [-0.3, -0.25) is 4.79 Å². The molecule has 0 saturated heterocycles. The lowest BCUT2D eigenvalue weighted by Crippen LogP contribution is -2.38. The molecule has 0 aliphatic rings. The Morgan fingerprint density at radius 2 is 1.76 bits per heavy atom. The fourth-order valence-corrected chi connectivity index (χ4v) is 2.46. The predicted molar refractivity (Wildman–Crippen MR) is 100 cm³/mol. The first-order chi connectivity index (χ1) is 12.1. The smallest absolute Gasteiger partial charge is 0.260 e. The Hall–Kier alpha value is -2.49. The number of carbonyl (C=O) groups excluding carboxylic acids is 1. The molecule has 0 saturated carbocycles. The van der Waals surface area contributed by atoms with Crippen LogP contribution in [-0.4, -0.2) is 25.2 Å². The second-order valence-electron chi connectivity index (χ2n) is 5.86. The van der Waals surface area contributed by atoms with Gasteiger partial charge in [-0.25, -0.2) is 0 Å². The topological polar surface area (TPSA) is 47.6 Å². The lowest BCUT2D eigenvalue weighted by molar-refractivity contribution is -0.127. The predicted octanol–water partition coefficient (Wildman–Crippen LogP) is 3.77. The second kappa shape index (κ2) is 9.72. The number of aryl methyl sites for hydroxylation is 2. The lowest BCUT2D eigenvalue weighted by atomic mass is 10.1. The summed E-state index contributed by atoms with van der Waals surface area (Å²) in [6.45, 7) is 6.81. The molecular weight excluding hydrogens is 314 g/mol. The van der Waals surface area contributed by atoms with E-state index in [-0.39, 0.29) is 5.91 Å². The summed E-state index contributed by atoms with van der Waals surface area (Å²) in [5.74, 6) is 1.43. The molecule has 1 atom stereocenters. The van der Waals surface area contributed by atoms with E-state index in [4.69, 9.17) is 9.47 Å². The first-order valence-corrected chi connectivity index (χ1v) is 8.88. The zero-order chi connectivity index (χ0) is 18.1. The van der Waals surface area contributed by atoms with Gasteiger partial charge in [0.25, 0.3) is 5.91 Å². The van der Waals surface area contributed by atoms with Gasteiger partial charge < -0.3 is 14.8 Å². The molecule has 2 aromatic carbocycles. The molecule has 4 nitrogen and oxygen atoms in total. The van der Waals surface area contributed by atoms with Gasteiger partial charge in [0.1, 0.15) is 18.1 Å². The van der Waals surface area contributed by atoms with Crippen molar-refractivity contribution in [3.05, 3.63) is 59.7 Å². The summed E-state index contributed by atoms with van der Waals surface area (Å²) in [7, 11) is 0. The second-order valence-corrected chi connectivity index (χ2v) is 5.86.